The molecule has 2 N–H and O–H groups in total. The van der Waals surface area contributed by atoms with Gasteiger partial charge in [0.2, 0.25) is 15.9 Å². The summed E-state index contributed by atoms with van der Waals surface area (Å²) in [5.74, 6) is 0.639. The highest BCUT2D eigenvalue weighted by molar-refractivity contribution is 7.89. The Hall–Kier alpha value is -4.03. The van der Waals surface area contributed by atoms with Gasteiger partial charge in [-0.25, -0.2) is 8.42 Å². The summed E-state index contributed by atoms with van der Waals surface area (Å²) in [7, 11) is -4.14. The van der Waals surface area contributed by atoms with Gasteiger partial charge in [-0.1, -0.05) is 71.9 Å². The summed E-state index contributed by atoms with van der Waals surface area (Å²) >= 11 is 0. The number of rotatable bonds is 4. The fraction of sp³-hybridized carbons (Fsp3) is 0.353. The fourth-order valence-electron chi connectivity index (χ4n) is 6.69. The van der Waals surface area contributed by atoms with Crippen molar-refractivity contribution in [1.82, 2.24) is 19.7 Å². The van der Waals surface area contributed by atoms with Crippen LogP contribution in [0.3, 0.4) is 0 Å². The van der Waals surface area contributed by atoms with E-state index in [0.29, 0.717) is 38.9 Å². The summed E-state index contributed by atoms with van der Waals surface area (Å²) in [5.41, 5.74) is 2.97. The van der Waals surface area contributed by atoms with Gasteiger partial charge in [0.15, 0.2) is 5.76 Å². The Morgan fingerprint density at radius 3 is 2.36 bits per heavy atom. The number of nitrogens with zero attached hydrogens (tertiary/aromatic N) is 3. The molecule has 1 spiro atoms. The molecule has 4 heterocycles. The molecule has 1 aromatic heterocycles. The predicted molar refractivity (Wildman–Crippen MR) is 168 cm³/mol. The van der Waals surface area contributed by atoms with Gasteiger partial charge in [-0.3, -0.25) is 9.69 Å². The van der Waals surface area contributed by atoms with Crippen LogP contribution in [0.5, 0.6) is 5.75 Å². The summed E-state index contributed by atoms with van der Waals surface area (Å²) < 4.78 is 41.0. The molecular formula is C34H36N4O6S. The number of aliphatic hydroxyl groups is 1. The predicted octanol–water partition coefficient (Wildman–Crippen LogP) is 4.07. The van der Waals surface area contributed by atoms with Gasteiger partial charge in [-0.15, -0.1) is 0 Å². The number of sulfonamides is 1. The van der Waals surface area contributed by atoms with Crippen molar-refractivity contribution >= 4 is 15.9 Å². The van der Waals surface area contributed by atoms with Crippen molar-refractivity contribution in [1.29, 1.82) is 0 Å². The lowest BCUT2D eigenvalue weighted by atomic mass is 9.84. The first kappa shape index (κ1) is 29.7. The molecule has 0 radical (unpaired) electrons. The number of ether oxygens (including phenoxy) is 1. The number of fused-ring (bicyclic) bond motifs is 2. The SMILES string of the molecule is O=C1NC2(CCOc3cc(-c4ccccc4)ccc3S(=O)(=O)N3C[C@H](O)C[C@@H]13)CCN(Cc1cc(-c3ccccc3)no1)CC2. The molecule has 1 amide bonds. The molecule has 11 heteroatoms. The molecular weight excluding hydrogens is 592 g/mol. The van der Waals surface area contributed by atoms with Crippen molar-refractivity contribution in [2.24, 2.45) is 0 Å². The second-order valence-corrected chi connectivity index (χ2v) is 14.1. The number of amides is 1. The minimum absolute atomic E-state index is 0.00165. The van der Waals surface area contributed by atoms with Crippen LogP contribution in [-0.2, 0) is 21.4 Å². The lowest BCUT2D eigenvalue weighted by Gasteiger charge is -2.42. The van der Waals surface area contributed by atoms with E-state index in [1.807, 2.05) is 66.7 Å². The third-order valence-electron chi connectivity index (χ3n) is 9.22. The van der Waals surface area contributed by atoms with Crippen molar-refractivity contribution < 1.29 is 27.6 Å². The maximum atomic E-state index is 14.0. The smallest absolute Gasteiger partial charge is 0.247 e. The van der Waals surface area contributed by atoms with Crippen molar-refractivity contribution in [3.63, 3.8) is 0 Å². The van der Waals surface area contributed by atoms with Crippen LogP contribution in [0.1, 0.15) is 31.4 Å². The van der Waals surface area contributed by atoms with E-state index >= 15 is 0 Å². The molecule has 0 unspecified atom stereocenters. The third-order valence-corrected chi connectivity index (χ3v) is 11.1. The van der Waals surface area contributed by atoms with Gasteiger partial charge in [-0.05, 0) is 36.1 Å². The zero-order valence-electron chi connectivity index (χ0n) is 24.8. The topological polar surface area (TPSA) is 125 Å². The van der Waals surface area contributed by atoms with E-state index in [2.05, 4.69) is 15.4 Å². The van der Waals surface area contributed by atoms with Gasteiger partial charge >= 0.3 is 0 Å². The van der Waals surface area contributed by atoms with Gasteiger partial charge in [-0.2, -0.15) is 4.31 Å². The second-order valence-electron chi connectivity index (χ2n) is 12.2. The highest BCUT2D eigenvalue weighted by Gasteiger charge is 2.47. The van der Waals surface area contributed by atoms with Crippen molar-refractivity contribution in [3.05, 3.63) is 90.7 Å². The number of carbonyl (C=O) groups is 1. The van der Waals surface area contributed by atoms with Crippen molar-refractivity contribution in [2.45, 2.75) is 54.8 Å². The molecule has 0 bridgehead atoms. The maximum Gasteiger partial charge on any atom is 0.247 e. The zero-order chi connectivity index (χ0) is 31.0. The monoisotopic (exact) mass is 628 g/mol. The maximum absolute atomic E-state index is 14.0. The van der Waals surface area contributed by atoms with Crippen molar-refractivity contribution in [2.75, 3.05) is 26.2 Å². The van der Waals surface area contributed by atoms with Gasteiger partial charge in [0, 0.05) is 49.6 Å². The first-order valence-electron chi connectivity index (χ1n) is 15.4. The number of carbonyl (C=O) groups excluding carboxylic acids is 1. The van der Waals surface area contributed by atoms with Crippen LogP contribution in [0.25, 0.3) is 22.4 Å². The minimum atomic E-state index is -4.14. The number of piperidine rings is 1. The molecule has 0 aliphatic carbocycles. The molecule has 45 heavy (non-hydrogen) atoms. The van der Waals surface area contributed by atoms with Gasteiger partial charge in [0.25, 0.3) is 0 Å². The molecule has 2 saturated heterocycles. The molecule has 3 aliphatic heterocycles. The number of hydrogen-bond acceptors (Lipinski definition) is 8. The summed E-state index contributed by atoms with van der Waals surface area (Å²) in [6.45, 7) is 2.08. The average molecular weight is 629 g/mol. The quantitative estimate of drug-likeness (QED) is 0.347. The van der Waals surface area contributed by atoms with Crippen LogP contribution in [-0.4, -0.2) is 77.7 Å². The van der Waals surface area contributed by atoms with Crippen LogP contribution in [0.2, 0.25) is 0 Å². The van der Waals surface area contributed by atoms with E-state index in [1.165, 1.54) is 0 Å². The fourth-order valence-corrected chi connectivity index (χ4v) is 8.44. The molecule has 2 fully saturated rings. The number of hydrogen-bond donors (Lipinski definition) is 2. The first-order chi connectivity index (χ1) is 21.8. The Labute approximate surface area is 262 Å². The third kappa shape index (κ3) is 6.00. The van der Waals surface area contributed by atoms with Gasteiger partial charge in [0.05, 0.1) is 19.3 Å². The van der Waals surface area contributed by atoms with Gasteiger partial charge < -0.3 is 19.7 Å². The van der Waals surface area contributed by atoms with Crippen LogP contribution in [0, 0.1) is 0 Å². The average Bonchev–Trinajstić information content (AvgIpc) is 3.70. The number of aliphatic hydroxyl groups excluding tert-OH is 1. The van der Waals surface area contributed by atoms with Crippen LogP contribution >= 0.6 is 0 Å². The summed E-state index contributed by atoms with van der Waals surface area (Å²) in [4.78, 5) is 16.1. The summed E-state index contributed by atoms with van der Waals surface area (Å²) in [6, 6.07) is 25.6. The molecule has 10 nitrogen and oxygen atoms in total. The van der Waals surface area contributed by atoms with Crippen LogP contribution < -0.4 is 10.1 Å². The highest BCUT2D eigenvalue weighted by atomic mass is 32.2. The highest BCUT2D eigenvalue weighted by Crippen LogP contribution is 2.37. The van der Waals surface area contributed by atoms with Gasteiger partial charge in [0.1, 0.15) is 22.4 Å². The van der Waals surface area contributed by atoms with E-state index < -0.39 is 27.7 Å². The Bertz CT molecular complexity index is 1770. The molecule has 3 aromatic carbocycles. The lowest BCUT2D eigenvalue weighted by molar-refractivity contribution is -0.127. The van der Waals surface area contributed by atoms with Crippen LogP contribution in [0.15, 0.2) is 94.3 Å². The molecule has 234 valence electrons. The van der Waals surface area contributed by atoms with E-state index in [1.54, 1.807) is 18.2 Å². The van der Waals surface area contributed by atoms with Crippen LogP contribution in [0.4, 0.5) is 0 Å². The summed E-state index contributed by atoms with van der Waals surface area (Å²) in [5, 5.41) is 18.0. The Morgan fingerprint density at radius 2 is 1.62 bits per heavy atom. The Kier molecular flexibility index (Phi) is 7.95. The Balaban J connectivity index is 1.13. The standard InChI is InChI=1S/C34H36N4O6S/c39-27-20-30-33(40)35-34(13-16-37(17-14-34)23-28-21-29(36-44-28)25-9-5-2-6-10-25)15-18-43-31-19-26(24-7-3-1-4-8-24)11-12-32(31)45(41,42)38(30)22-27/h1-12,19,21,27,30,39H,13-18,20,22-23H2,(H,35,40)/t27-,30+/m1/s1. The van der Waals surface area contributed by atoms with Crippen molar-refractivity contribution in [3.8, 4) is 28.1 Å². The molecule has 3 aliphatic rings. The number of nitrogens with one attached hydrogen (secondary N) is 1. The van der Waals surface area contributed by atoms with E-state index in [9.17, 15) is 18.3 Å². The van der Waals surface area contributed by atoms with E-state index in [-0.39, 0.29) is 36.1 Å². The molecule has 4 aromatic rings. The summed E-state index contributed by atoms with van der Waals surface area (Å²) in [6.07, 6.45) is 0.923. The zero-order valence-corrected chi connectivity index (χ0v) is 25.7. The lowest BCUT2D eigenvalue weighted by Crippen LogP contribution is -2.59. The first-order valence-corrected chi connectivity index (χ1v) is 16.8. The van der Waals surface area contributed by atoms with E-state index in [4.69, 9.17) is 9.26 Å². The number of aromatic nitrogens is 1. The number of benzene rings is 3. The second kappa shape index (κ2) is 12.1. The Morgan fingerprint density at radius 1 is 0.911 bits per heavy atom. The minimum Gasteiger partial charge on any atom is -0.492 e. The molecule has 0 saturated carbocycles. The number of likely N-dealkylation sites (tertiary alicyclic amines) is 1. The normalized spacial score (nSPS) is 23.4. The van der Waals surface area contributed by atoms with E-state index in [0.717, 1.165) is 32.4 Å². The largest absolute Gasteiger partial charge is 0.492 e. The molecule has 7 rings (SSSR count). The molecule has 2 atom stereocenters.